The summed E-state index contributed by atoms with van der Waals surface area (Å²) in [7, 11) is 1.71. The van der Waals surface area contributed by atoms with Gasteiger partial charge in [0.2, 0.25) is 0 Å². The summed E-state index contributed by atoms with van der Waals surface area (Å²) < 4.78 is 6.94. The first kappa shape index (κ1) is 24.8. The standard InChI is InChI=1S/C26H32ClN3O3/c1-3-29(19-20-10-6-7-11-25(20)33-2)16-8-4-5-9-17-30-26(32)15-13-23(28-30)22-18-21(27)12-14-24(22)31/h6-7,10-15,18,31H,3-5,8-9,16-17,19H2,1-2H3. The number of halogens is 1. The second-order valence-corrected chi connectivity index (χ2v) is 8.47. The predicted molar refractivity (Wildman–Crippen MR) is 133 cm³/mol. The van der Waals surface area contributed by atoms with Crippen LogP contribution in [0, 0.1) is 0 Å². The van der Waals surface area contributed by atoms with E-state index < -0.39 is 0 Å². The first-order chi connectivity index (χ1) is 16.0. The second-order valence-electron chi connectivity index (χ2n) is 8.04. The summed E-state index contributed by atoms with van der Waals surface area (Å²) in [5, 5.41) is 15.1. The van der Waals surface area contributed by atoms with Crippen molar-refractivity contribution in [3.05, 3.63) is 75.5 Å². The maximum absolute atomic E-state index is 12.2. The van der Waals surface area contributed by atoms with Gasteiger partial charge >= 0.3 is 0 Å². The molecule has 0 atom stereocenters. The highest BCUT2D eigenvalue weighted by Crippen LogP contribution is 2.29. The van der Waals surface area contributed by atoms with Gasteiger partial charge in [-0.15, -0.1) is 0 Å². The third-order valence-electron chi connectivity index (χ3n) is 5.73. The van der Waals surface area contributed by atoms with Gasteiger partial charge in [-0.25, -0.2) is 4.68 Å². The van der Waals surface area contributed by atoms with Crippen molar-refractivity contribution in [3.8, 4) is 22.8 Å². The zero-order chi connectivity index (χ0) is 23.6. The van der Waals surface area contributed by atoms with Crippen molar-refractivity contribution in [2.24, 2.45) is 0 Å². The van der Waals surface area contributed by atoms with Gasteiger partial charge < -0.3 is 9.84 Å². The number of rotatable bonds is 12. The number of hydrogen-bond donors (Lipinski definition) is 1. The molecule has 0 spiro atoms. The van der Waals surface area contributed by atoms with E-state index in [4.69, 9.17) is 16.3 Å². The monoisotopic (exact) mass is 469 g/mol. The Balaban J connectivity index is 1.47. The summed E-state index contributed by atoms with van der Waals surface area (Å²) in [5.74, 6) is 1.02. The third kappa shape index (κ3) is 7.07. The Morgan fingerprint density at radius 1 is 1.06 bits per heavy atom. The van der Waals surface area contributed by atoms with Crippen molar-refractivity contribution in [1.82, 2.24) is 14.7 Å². The van der Waals surface area contributed by atoms with E-state index >= 15 is 0 Å². The number of hydrogen-bond acceptors (Lipinski definition) is 5. The van der Waals surface area contributed by atoms with Crippen molar-refractivity contribution in [2.45, 2.75) is 45.7 Å². The molecule has 6 nitrogen and oxygen atoms in total. The molecule has 1 N–H and O–H groups in total. The Morgan fingerprint density at radius 3 is 2.64 bits per heavy atom. The van der Waals surface area contributed by atoms with Crippen LogP contribution in [0.5, 0.6) is 11.5 Å². The van der Waals surface area contributed by atoms with Crippen molar-refractivity contribution < 1.29 is 9.84 Å². The Hall–Kier alpha value is -2.83. The zero-order valence-corrected chi connectivity index (χ0v) is 20.1. The van der Waals surface area contributed by atoms with E-state index in [-0.39, 0.29) is 11.3 Å². The van der Waals surface area contributed by atoms with Gasteiger partial charge in [0, 0.05) is 35.3 Å². The highest BCUT2D eigenvalue weighted by Gasteiger charge is 2.10. The molecule has 3 aromatic rings. The Bertz CT molecular complexity index is 1100. The molecule has 176 valence electrons. The van der Waals surface area contributed by atoms with Crippen LogP contribution in [0.1, 0.15) is 38.2 Å². The SMILES string of the molecule is CCN(CCCCCCn1nc(-c2cc(Cl)ccc2O)ccc1=O)Cc1ccccc1OC. The van der Waals surface area contributed by atoms with Crippen LogP contribution < -0.4 is 10.3 Å². The van der Waals surface area contributed by atoms with Gasteiger partial charge in [0.15, 0.2) is 0 Å². The van der Waals surface area contributed by atoms with Crippen molar-refractivity contribution in [1.29, 1.82) is 0 Å². The molecule has 7 heteroatoms. The highest BCUT2D eigenvalue weighted by molar-refractivity contribution is 6.30. The van der Waals surface area contributed by atoms with Crippen LogP contribution >= 0.6 is 11.6 Å². The predicted octanol–water partition coefficient (Wildman–Crippen LogP) is 5.36. The van der Waals surface area contributed by atoms with Gasteiger partial charge in [0.25, 0.3) is 5.56 Å². The van der Waals surface area contributed by atoms with Gasteiger partial charge in [0.05, 0.1) is 12.8 Å². The molecule has 2 aromatic carbocycles. The molecular weight excluding hydrogens is 438 g/mol. The van der Waals surface area contributed by atoms with Gasteiger partial charge in [-0.2, -0.15) is 5.10 Å². The lowest BCUT2D eigenvalue weighted by Gasteiger charge is -2.21. The van der Waals surface area contributed by atoms with E-state index in [0.29, 0.717) is 22.8 Å². The molecule has 0 bridgehead atoms. The second kappa shape index (κ2) is 12.4. The number of unbranched alkanes of at least 4 members (excludes halogenated alkanes) is 3. The fourth-order valence-electron chi connectivity index (χ4n) is 3.84. The molecule has 3 rings (SSSR count). The minimum absolute atomic E-state index is 0.0886. The Kier molecular flexibility index (Phi) is 9.34. The largest absolute Gasteiger partial charge is 0.507 e. The van der Waals surface area contributed by atoms with E-state index in [9.17, 15) is 9.90 Å². The number of nitrogens with zero attached hydrogens (tertiary/aromatic N) is 3. The average Bonchev–Trinajstić information content (AvgIpc) is 2.83. The molecule has 1 heterocycles. The van der Waals surface area contributed by atoms with Crippen LogP contribution in [0.3, 0.4) is 0 Å². The number of benzene rings is 2. The maximum Gasteiger partial charge on any atom is 0.266 e. The summed E-state index contributed by atoms with van der Waals surface area (Å²) in [6.07, 6.45) is 4.08. The number of phenolic OH excluding ortho intramolecular Hbond substituents is 1. The van der Waals surface area contributed by atoms with E-state index in [1.807, 2.05) is 18.2 Å². The smallest absolute Gasteiger partial charge is 0.266 e. The van der Waals surface area contributed by atoms with E-state index in [2.05, 4.69) is 23.0 Å². The molecule has 0 unspecified atom stereocenters. The molecule has 0 aliphatic heterocycles. The molecule has 0 saturated heterocycles. The van der Waals surface area contributed by atoms with Crippen LogP contribution in [-0.4, -0.2) is 40.0 Å². The average molecular weight is 470 g/mol. The molecule has 0 saturated carbocycles. The molecule has 0 fully saturated rings. The summed E-state index contributed by atoms with van der Waals surface area (Å²) in [4.78, 5) is 14.6. The number of para-hydroxylation sites is 1. The molecule has 33 heavy (non-hydrogen) atoms. The quantitative estimate of drug-likeness (QED) is 0.361. The number of methoxy groups -OCH3 is 1. The minimum atomic E-state index is -0.144. The summed E-state index contributed by atoms with van der Waals surface area (Å²) in [6, 6.07) is 16.1. The maximum atomic E-state index is 12.2. The zero-order valence-electron chi connectivity index (χ0n) is 19.3. The van der Waals surface area contributed by atoms with E-state index in [1.54, 1.807) is 25.3 Å². The first-order valence-corrected chi connectivity index (χ1v) is 11.8. The number of aromatic nitrogens is 2. The molecular formula is C26H32ClN3O3. The van der Waals surface area contributed by atoms with Crippen LogP contribution in [-0.2, 0) is 13.1 Å². The highest BCUT2D eigenvalue weighted by atomic mass is 35.5. The molecule has 0 amide bonds. The lowest BCUT2D eigenvalue weighted by Crippen LogP contribution is -2.24. The number of phenols is 1. The summed E-state index contributed by atoms with van der Waals surface area (Å²) in [6.45, 7) is 5.62. The minimum Gasteiger partial charge on any atom is -0.507 e. The fourth-order valence-corrected chi connectivity index (χ4v) is 4.01. The Morgan fingerprint density at radius 2 is 1.85 bits per heavy atom. The topological polar surface area (TPSA) is 67.6 Å². The van der Waals surface area contributed by atoms with Crippen molar-refractivity contribution in [2.75, 3.05) is 20.2 Å². The fraction of sp³-hybridized carbons (Fsp3) is 0.385. The number of aryl methyl sites for hydroxylation is 1. The normalized spacial score (nSPS) is 11.2. The van der Waals surface area contributed by atoms with Crippen LogP contribution in [0.4, 0.5) is 0 Å². The van der Waals surface area contributed by atoms with Gasteiger partial charge in [-0.1, -0.05) is 49.6 Å². The van der Waals surface area contributed by atoms with Crippen molar-refractivity contribution in [3.63, 3.8) is 0 Å². The van der Waals surface area contributed by atoms with Gasteiger partial charge in [0.1, 0.15) is 11.5 Å². The third-order valence-corrected chi connectivity index (χ3v) is 5.96. The van der Waals surface area contributed by atoms with Crippen molar-refractivity contribution >= 4 is 11.6 Å². The molecule has 0 aliphatic carbocycles. The van der Waals surface area contributed by atoms with Gasteiger partial charge in [-0.3, -0.25) is 9.69 Å². The van der Waals surface area contributed by atoms with E-state index in [1.165, 1.54) is 22.4 Å². The van der Waals surface area contributed by atoms with E-state index in [0.717, 1.165) is 51.1 Å². The lowest BCUT2D eigenvalue weighted by atomic mass is 10.1. The lowest BCUT2D eigenvalue weighted by molar-refractivity contribution is 0.267. The Labute approximate surface area is 200 Å². The van der Waals surface area contributed by atoms with Crippen LogP contribution in [0.2, 0.25) is 5.02 Å². The molecule has 0 aliphatic rings. The number of aromatic hydroxyl groups is 1. The molecule has 0 radical (unpaired) electrons. The van der Waals surface area contributed by atoms with Gasteiger partial charge in [-0.05, 0) is 56.3 Å². The summed E-state index contributed by atoms with van der Waals surface area (Å²) in [5.41, 5.74) is 2.11. The number of ether oxygens (including phenoxy) is 1. The van der Waals surface area contributed by atoms with Crippen LogP contribution in [0.25, 0.3) is 11.3 Å². The van der Waals surface area contributed by atoms with Crippen LogP contribution in [0.15, 0.2) is 59.4 Å². The summed E-state index contributed by atoms with van der Waals surface area (Å²) >= 11 is 6.05. The first-order valence-electron chi connectivity index (χ1n) is 11.4. The molecule has 1 aromatic heterocycles.